The van der Waals surface area contributed by atoms with Gasteiger partial charge in [0.1, 0.15) is 0 Å². The van der Waals surface area contributed by atoms with E-state index >= 15 is 0 Å². The molecule has 2 unspecified atom stereocenters. The molecule has 1 heterocycles. The van der Waals surface area contributed by atoms with Crippen molar-refractivity contribution >= 4 is 0 Å². The van der Waals surface area contributed by atoms with Gasteiger partial charge < -0.3 is 5.11 Å². The van der Waals surface area contributed by atoms with Crippen LogP contribution in [0.3, 0.4) is 0 Å². The van der Waals surface area contributed by atoms with Gasteiger partial charge in [-0.15, -0.1) is 0 Å². The highest BCUT2D eigenvalue weighted by Gasteiger charge is 2.58. The van der Waals surface area contributed by atoms with E-state index in [4.69, 9.17) is 0 Å². The van der Waals surface area contributed by atoms with Crippen molar-refractivity contribution in [2.45, 2.75) is 83.4 Å². The Morgan fingerprint density at radius 3 is 2.29 bits per heavy atom. The Bertz CT molecular complexity index is 429. The SMILES string of the molecule is CC(C)C1CCC(C#N)(C2(O)CC(C)N(C3CC3)C2)CC1. The summed E-state index contributed by atoms with van der Waals surface area (Å²) in [5, 5.41) is 21.2. The monoisotopic (exact) mass is 290 g/mol. The second-order valence-electron chi connectivity index (χ2n) is 8.26. The maximum atomic E-state index is 11.3. The van der Waals surface area contributed by atoms with Crippen molar-refractivity contribution in [3.05, 3.63) is 0 Å². The third-order valence-electron chi connectivity index (χ3n) is 6.59. The van der Waals surface area contributed by atoms with Gasteiger partial charge in [0.05, 0.1) is 17.1 Å². The second kappa shape index (κ2) is 5.25. The smallest absolute Gasteiger partial charge is 0.0974 e. The van der Waals surface area contributed by atoms with Crippen LogP contribution in [0.1, 0.15) is 65.7 Å². The number of rotatable bonds is 3. The van der Waals surface area contributed by atoms with E-state index in [1.54, 1.807) is 0 Å². The number of aliphatic hydroxyl groups is 1. The van der Waals surface area contributed by atoms with Gasteiger partial charge in [-0.3, -0.25) is 4.90 Å². The Morgan fingerprint density at radius 1 is 1.19 bits per heavy atom. The van der Waals surface area contributed by atoms with Crippen molar-refractivity contribution in [1.82, 2.24) is 4.90 Å². The minimum Gasteiger partial charge on any atom is -0.387 e. The summed E-state index contributed by atoms with van der Waals surface area (Å²) in [6, 6.07) is 3.69. The molecule has 3 nitrogen and oxygen atoms in total. The van der Waals surface area contributed by atoms with E-state index in [0.29, 0.717) is 18.0 Å². The lowest BCUT2D eigenvalue weighted by Crippen LogP contribution is -2.51. The molecule has 3 rings (SSSR count). The van der Waals surface area contributed by atoms with E-state index in [9.17, 15) is 10.4 Å². The third kappa shape index (κ3) is 2.51. The Morgan fingerprint density at radius 2 is 1.81 bits per heavy atom. The molecule has 0 radical (unpaired) electrons. The van der Waals surface area contributed by atoms with Gasteiger partial charge in [-0.1, -0.05) is 13.8 Å². The molecule has 0 bridgehead atoms. The number of nitriles is 1. The maximum Gasteiger partial charge on any atom is 0.0974 e. The van der Waals surface area contributed by atoms with E-state index in [1.807, 2.05) is 0 Å². The Kier molecular flexibility index (Phi) is 3.83. The van der Waals surface area contributed by atoms with Crippen LogP contribution in [0, 0.1) is 28.6 Å². The van der Waals surface area contributed by atoms with Crippen molar-refractivity contribution in [3.63, 3.8) is 0 Å². The zero-order chi connectivity index (χ0) is 15.3. The number of hydrogen-bond acceptors (Lipinski definition) is 3. The summed E-state index contributed by atoms with van der Waals surface area (Å²) in [4.78, 5) is 2.47. The normalized spacial score (nSPS) is 45.0. The van der Waals surface area contributed by atoms with Crippen molar-refractivity contribution in [2.75, 3.05) is 6.54 Å². The van der Waals surface area contributed by atoms with Crippen LogP contribution in [0.15, 0.2) is 0 Å². The molecule has 0 amide bonds. The highest BCUT2D eigenvalue weighted by atomic mass is 16.3. The topological polar surface area (TPSA) is 47.3 Å². The van der Waals surface area contributed by atoms with Crippen LogP contribution >= 0.6 is 0 Å². The van der Waals surface area contributed by atoms with Crippen LogP contribution in [0.4, 0.5) is 0 Å². The number of hydrogen-bond donors (Lipinski definition) is 1. The highest BCUT2D eigenvalue weighted by Crippen LogP contribution is 2.53. The average molecular weight is 290 g/mol. The second-order valence-corrected chi connectivity index (χ2v) is 8.26. The fourth-order valence-electron chi connectivity index (χ4n) is 4.85. The minimum absolute atomic E-state index is 0.426. The fourth-order valence-corrected chi connectivity index (χ4v) is 4.85. The molecule has 118 valence electrons. The molecule has 1 aliphatic heterocycles. The highest BCUT2D eigenvalue weighted by molar-refractivity contribution is 5.18. The summed E-state index contributed by atoms with van der Waals surface area (Å²) < 4.78 is 0. The molecule has 0 aromatic carbocycles. The molecule has 0 aromatic rings. The molecule has 2 saturated carbocycles. The molecule has 1 N–H and O–H groups in total. The Balaban J connectivity index is 1.76. The zero-order valence-corrected chi connectivity index (χ0v) is 13.8. The maximum absolute atomic E-state index is 11.3. The van der Waals surface area contributed by atoms with Crippen LogP contribution in [0.25, 0.3) is 0 Å². The molecule has 2 aliphatic carbocycles. The molecule has 3 fully saturated rings. The van der Waals surface area contributed by atoms with Gasteiger partial charge in [0.15, 0.2) is 0 Å². The molecule has 3 aliphatic rings. The van der Waals surface area contributed by atoms with Gasteiger partial charge in [-0.2, -0.15) is 5.26 Å². The van der Waals surface area contributed by atoms with Gasteiger partial charge in [0.2, 0.25) is 0 Å². The van der Waals surface area contributed by atoms with Crippen LogP contribution in [-0.2, 0) is 0 Å². The number of β-amino-alcohol motifs (C(OH)–C–C–N with tert-alkyl or cyclic N) is 1. The van der Waals surface area contributed by atoms with Crippen LogP contribution < -0.4 is 0 Å². The van der Waals surface area contributed by atoms with E-state index < -0.39 is 11.0 Å². The first-order valence-corrected chi connectivity index (χ1v) is 8.80. The van der Waals surface area contributed by atoms with E-state index in [-0.39, 0.29) is 0 Å². The number of nitrogens with zero attached hydrogens (tertiary/aromatic N) is 2. The van der Waals surface area contributed by atoms with E-state index in [2.05, 4.69) is 31.7 Å². The first-order chi connectivity index (χ1) is 9.91. The summed E-state index contributed by atoms with van der Waals surface area (Å²) in [5.74, 6) is 1.43. The minimum atomic E-state index is -0.786. The lowest BCUT2D eigenvalue weighted by Gasteiger charge is -2.45. The summed E-state index contributed by atoms with van der Waals surface area (Å²) in [6.45, 7) is 7.51. The summed E-state index contributed by atoms with van der Waals surface area (Å²) >= 11 is 0. The molecular formula is C18H30N2O. The van der Waals surface area contributed by atoms with Gasteiger partial charge in [0, 0.05) is 18.6 Å². The van der Waals surface area contributed by atoms with Crippen molar-refractivity contribution in [3.8, 4) is 6.07 Å². The molecular weight excluding hydrogens is 260 g/mol. The quantitative estimate of drug-likeness (QED) is 0.867. The largest absolute Gasteiger partial charge is 0.387 e. The van der Waals surface area contributed by atoms with Gasteiger partial charge >= 0.3 is 0 Å². The van der Waals surface area contributed by atoms with E-state index in [1.165, 1.54) is 12.8 Å². The van der Waals surface area contributed by atoms with Crippen molar-refractivity contribution < 1.29 is 5.11 Å². The lowest BCUT2D eigenvalue weighted by molar-refractivity contribution is -0.0721. The standard InChI is InChI=1S/C18H30N2O/c1-13(2)15-6-8-17(11-19,9-7-15)18(21)10-14(3)20(12-18)16-4-5-16/h13-16,21H,4-10,12H2,1-3H3. The lowest BCUT2D eigenvalue weighted by atomic mass is 9.60. The van der Waals surface area contributed by atoms with Crippen molar-refractivity contribution in [1.29, 1.82) is 5.26 Å². The summed E-state index contributed by atoms with van der Waals surface area (Å²) in [5.41, 5.74) is -1.29. The van der Waals surface area contributed by atoms with Gasteiger partial charge in [-0.25, -0.2) is 0 Å². The van der Waals surface area contributed by atoms with Crippen LogP contribution in [-0.4, -0.2) is 34.2 Å². The van der Waals surface area contributed by atoms with Crippen molar-refractivity contribution in [2.24, 2.45) is 17.3 Å². The molecule has 0 aromatic heterocycles. The van der Waals surface area contributed by atoms with Crippen LogP contribution in [0.2, 0.25) is 0 Å². The van der Waals surface area contributed by atoms with Gasteiger partial charge in [-0.05, 0) is 63.7 Å². The number of likely N-dealkylation sites (tertiary alicyclic amines) is 1. The predicted octanol–water partition coefficient (Wildman–Crippen LogP) is 3.33. The van der Waals surface area contributed by atoms with E-state index in [0.717, 1.165) is 44.6 Å². The Labute approximate surface area is 129 Å². The molecule has 0 spiro atoms. The molecule has 1 saturated heterocycles. The predicted molar refractivity (Wildman–Crippen MR) is 83.6 cm³/mol. The fraction of sp³-hybridized carbons (Fsp3) is 0.944. The average Bonchev–Trinajstić information content (AvgIpc) is 3.24. The summed E-state index contributed by atoms with van der Waals surface area (Å²) in [7, 11) is 0. The van der Waals surface area contributed by atoms with Crippen LogP contribution in [0.5, 0.6) is 0 Å². The first kappa shape index (κ1) is 15.3. The Hall–Kier alpha value is -0.590. The molecule has 21 heavy (non-hydrogen) atoms. The molecule has 3 heteroatoms. The first-order valence-electron chi connectivity index (χ1n) is 8.80. The summed E-state index contributed by atoms with van der Waals surface area (Å²) in [6.07, 6.45) is 7.30. The molecule has 2 atom stereocenters. The van der Waals surface area contributed by atoms with Gasteiger partial charge in [0.25, 0.3) is 0 Å². The third-order valence-corrected chi connectivity index (χ3v) is 6.59. The zero-order valence-electron chi connectivity index (χ0n) is 13.8.